The van der Waals surface area contributed by atoms with E-state index in [1.165, 1.54) is 5.56 Å². The maximum atomic E-state index is 12.4. The van der Waals surface area contributed by atoms with E-state index in [0.717, 1.165) is 17.0 Å². The Hall–Kier alpha value is -3.28. The number of aryl methyl sites for hydroxylation is 1. The number of ether oxygens (including phenoxy) is 1. The highest BCUT2D eigenvalue weighted by Gasteiger charge is 2.13. The fourth-order valence-corrected chi connectivity index (χ4v) is 3.09. The van der Waals surface area contributed by atoms with Crippen LogP contribution in [0.15, 0.2) is 54.6 Å². The summed E-state index contributed by atoms with van der Waals surface area (Å²) in [7, 11) is 0. The Balaban J connectivity index is 1.64. The molecule has 0 fully saturated rings. The molecule has 0 saturated heterocycles. The predicted molar refractivity (Wildman–Crippen MR) is 111 cm³/mol. The van der Waals surface area contributed by atoms with Crippen LogP contribution < -0.4 is 15.4 Å². The van der Waals surface area contributed by atoms with E-state index in [0.29, 0.717) is 31.1 Å². The minimum Gasteiger partial charge on any atom is -0.492 e. The van der Waals surface area contributed by atoms with Crippen LogP contribution in [-0.2, 0) is 13.1 Å². The number of urea groups is 1. The van der Waals surface area contributed by atoms with Gasteiger partial charge in [-0.25, -0.2) is 4.79 Å². The van der Waals surface area contributed by atoms with Crippen LogP contribution in [0.1, 0.15) is 29.4 Å². The van der Waals surface area contributed by atoms with Crippen LogP contribution in [0.4, 0.5) is 10.5 Å². The first-order chi connectivity index (χ1) is 13.6. The molecule has 0 radical (unpaired) electrons. The third-order valence-corrected chi connectivity index (χ3v) is 4.57. The molecule has 0 aliphatic carbocycles. The molecule has 0 bridgehead atoms. The number of carbonyl (C=O) groups excluding carboxylic acids is 1. The van der Waals surface area contributed by atoms with Crippen LogP contribution in [0.5, 0.6) is 5.75 Å². The third-order valence-electron chi connectivity index (χ3n) is 4.57. The van der Waals surface area contributed by atoms with E-state index >= 15 is 0 Å². The fraction of sp³-hybridized carbons (Fsp3) is 0.273. The highest BCUT2D eigenvalue weighted by molar-refractivity contribution is 5.90. The quantitative estimate of drug-likeness (QED) is 0.645. The number of amides is 2. The molecule has 28 heavy (non-hydrogen) atoms. The summed E-state index contributed by atoms with van der Waals surface area (Å²) in [6.07, 6.45) is 0. The molecule has 6 heteroatoms. The number of nitrogens with one attached hydrogen (secondary N) is 2. The molecular weight excluding hydrogens is 352 g/mol. The van der Waals surface area contributed by atoms with Crippen LogP contribution in [0.2, 0.25) is 0 Å². The molecule has 0 saturated carbocycles. The molecule has 0 unspecified atom stereocenters. The summed E-state index contributed by atoms with van der Waals surface area (Å²) in [5.74, 6) is 0.656. The van der Waals surface area contributed by atoms with E-state index < -0.39 is 0 Å². The Labute approximate surface area is 165 Å². The Morgan fingerprint density at radius 2 is 1.79 bits per heavy atom. The second-order valence-electron chi connectivity index (χ2n) is 6.53. The number of carbonyl (C=O) groups is 1. The molecule has 1 aromatic heterocycles. The maximum Gasteiger partial charge on any atom is 0.319 e. The largest absolute Gasteiger partial charge is 0.492 e. The zero-order valence-electron chi connectivity index (χ0n) is 16.5. The topological polar surface area (TPSA) is 68.2 Å². The van der Waals surface area contributed by atoms with E-state index in [1.807, 2.05) is 67.9 Å². The van der Waals surface area contributed by atoms with Gasteiger partial charge in [0.25, 0.3) is 0 Å². The average Bonchev–Trinajstić information content (AvgIpc) is 2.95. The normalized spacial score (nSPS) is 10.5. The average molecular weight is 378 g/mol. The maximum absolute atomic E-state index is 12.4. The first kappa shape index (κ1) is 19.5. The second-order valence-corrected chi connectivity index (χ2v) is 6.53. The fourth-order valence-electron chi connectivity index (χ4n) is 3.09. The molecule has 146 valence electrons. The zero-order valence-corrected chi connectivity index (χ0v) is 16.5. The van der Waals surface area contributed by atoms with Gasteiger partial charge in [-0.2, -0.15) is 5.10 Å². The summed E-state index contributed by atoms with van der Waals surface area (Å²) < 4.78 is 7.52. The third kappa shape index (κ3) is 4.71. The van der Waals surface area contributed by atoms with Crippen molar-refractivity contribution in [1.29, 1.82) is 0 Å². The van der Waals surface area contributed by atoms with Crippen molar-refractivity contribution in [3.63, 3.8) is 0 Å². The van der Waals surface area contributed by atoms with Gasteiger partial charge in [0.2, 0.25) is 0 Å². The summed E-state index contributed by atoms with van der Waals surface area (Å²) in [5.41, 5.74) is 4.84. The number of rotatable bonds is 7. The number of nitrogens with zero attached hydrogens (tertiary/aromatic N) is 2. The van der Waals surface area contributed by atoms with Gasteiger partial charge < -0.3 is 15.4 Å². The van der Waals surface area contributed by atoms with Crippen molar-refractivity contribution >= 4 is 11.7 Å². The second kappa shape index (κ2) is 9.08. The van der Waals surface area contributed by atoms with Gasteiger partial charge in [0.1, 0.15) is 5.75 Å². The minimum absolute atomic E-state index is 0.276. The lowest BCUT2D eigenvalue weighted by Gasteiger charge is -2.12. The van der Waals surface area contributed by atoms with Crippen LogP contribution in [-0.4, -0.2) is 22.4 Å². The van der Waals surface area contributed by atoms with Crippen molar-refractivity contribution in [3.05, 3.63) is 77.1 Å². The summed E-state index contributed by atoms with van der Waals surface area (Å²) >= 11 is 0. The van der Waals surface area contributed by atoms with Crippen molar-refractivity contribution in [2.24, 2.45) is 0 Å². The van der Waals surface area contributed by atoms with Crippen molar-refractivity contribution < 1.29 is 9.53 Å². The number of hydrogen-bond acceptors (Lipinski definition) is 3. The van der Waals surface area contributed by atoms with Gasteiger partial charge in [-0.1, -0.05) is 42.5 Å². The molecule has 0 spiro atoms. The first-order valence-electron chi connectivity index (χ1n) is 9.42. The molecule has 2 aromatic carbocycles. The molecule has 0 aliphatic rings. The summed E-state index contributed by atoms with van der Waals surface area (Å²) in [5, 5.41) is 10.4. The van der Waals surface area contributed by atoms with E-state index in [4.69, 9.17) is 4.74 Å². The van der Waals surface area contributed by atoms with E-state index in [1.54, 1.807) is 0 Å². The van der Waals surface area contributed by atoms with Crippen molar-refractivity contribution in [1.82, 2.24) is 15.1 Å². The summed E-state index contributed by atoms with van der Waals surface area (Å²) in [6, 6.07) is 17.3. The minimum atomic E-state index is -0.276. The number of hydrogen-bond donors (Lipinski definition) is 2. The van der Waals surface area contributed by atoms with Crippen molar-refractivity contribution in [2.45, 2.75) is 33.9 Å². The first-order valence-corrected chi connectivity index (χ1v) is 9.42. The van der Waals surface area contributed by atoms with Crippen LogP contribution >= 0.6 is 0 Å². The molecular formula is C22H26N4O2. The van der Waals surface area contributed by atoms with Gasteiger partial charge in [0.05, 0.1) is 24.5 Å². The lowest BCUT2D eigenvalue weighted by Crippen LogP contribution is -2.28. The van der Waals surface area contributed by atoms with Gasteiger partial charge in [0.15, 0.2) is 0 Å². The van der Waals surface area contributed by atoms with Gasteiger partial charge in [0, 0.05) is 17.8 Å². The molecule has 3 aromatic rings. The molecule has 6 nitrogen and oxygen atoms in total. The monoisotopic (exact) mass is 378 g/mol. The van der Waals surface area contributed by atoms with Gasteiger partial charge in [-0.05, 0) is 38.5 Å². The van der Waals surface area contributed by atoms with Gasteiger partial charge in [-0.15, -0.1) is 0 Å². The Kier molecular flexibility index (Phi) is 6.32. The zero-order chi connectivity index (χ0) is 19.9. The van der Waals surface area contributed by atoms with Crippen LogP contribution in [0.3, 0.4) is 0 Å². The predicted octanol–water partition coefficient (Wildman–Crippen LogP) is 4.27. The lowest BCUT2D eigenvalue weighted by atomic mass is 10.2. The standard InChI is InChI=1S/C22H26N4O2/c1-4-28-21-13-9-8-12-20(21)24-22(27)23-14-19-16(2)25-26(17(19)3)15-18-10-6-5-7-11-18/h5-13H,4,14-15H2,1-3H3,(H2,23,24,27). The Bertz CT molecular complexity index is 935. The Morgan fingerprint density at radius 1 is 1.07 bits per heavy atom. The SMILES string of the molecule is CCOc1ccccc1NC(=O)NCc1c(C)nn(Cc2ccccc2)c1C. The summed E-state index contributed by atoms with van der Waals surface area (Å²) in [6.45, 7) is 7.57. The van der Waals surface area contributed by atoms with Gasteiger partial charge in [-0.3, -0.25) is 4.68 Å². The highest BCUT2D eigenvalue weighted by atomic mass is 16.5. The smallest absolute Gasteiger partial charge is 0.319 e. The van der Waals surface area contributed by atoms with Crippen LogP contribution in [0, 0.1) is 13.8 Å². The highest BCUT2D eigenvalue weighted by Crippen LogP contribution is 2.23. The molecule has 2 N–H and O–H groups in total. The number of aromatic nitrogens is 2. The molecule has 0 atom stereocenters. The summed E-state index contributed by atoms with van der Waals surface area (Å²) in [4.78, 5) is 12.4. The lowest BCUT2D eigenvalue weighted by molar-refractivity contribution is 0.251. The van der Waals surface area contributed by atoms with Gasteiger partial charge >= 0.3 is 6.03 Å². The molecule has 0 aliphatic heterocycles. The van der Waals surface area contributed by atoms with Crippen LogP contribution in [0.25, 0.3) is 0 Å². The van der Waals surface area contributed by atoms with E-state index in [2.05, 4.69) is 27.9 Å². The van der Waals surface area contributed by atoms with E-state index in [9.17, 15) is 4.79 Å². The number of anilines is 1. The van der Waals surface area contributed by atoms with Crippen molar-refractivity contribution in [2.75, 3.05) is 11.9 Å². The molecule has 1 heterocycles. The Morgan fingerprint density at radius 3 is 2.54 bits per heavy atom. The van der Waals surface area contributed by atoms with Crippen molar-refractivity contribution in [3.8, 4) is 5.75 Å². The van der Waals surface area contributed by atoms with E-state index in [-0.39, 0.29) is 6.03 Å². The number of benzene rings is 2. The molecule has 3 rings (SSSR count). The number of para-hydroxylation sites is 2. The molecule has 2 amide bonds.